The Hall–Kier alpha value is -3.43. The standard InChI is InChI=1S/C22H24ClFN6O2/c1-4-17-15(12-28-30(17)13(2)7-9-26-3)22(31)29-14-5-6-18(16(24)11-14)32-19-8-10-27-21(25)20(19)23/h5-12,22,29,31H,4H2,1-3H3,(H2,25,27)/b13-7+,26-9?. The SMILES string of the molecule is CCc1c(C(O)Nc2ccc(Oc3ccnc(N)c3Cl)c(F)c2)cnn1/C(C)=C/C=NC. The number of benzene rings is 1. The lowest BCUT2D eigenvalue weighted by atomic mass is 10.1. The van der Waals surface area contributed by atoms with Crippen LogP contribution in [0.3, 0.4) is 0 Å². The van der Waals surface area contributed by atoms with Gasteiger partial charge in [-0.25, -0.2) is 14.1 Å². The molecule has 3 rings (SSSR count). The summed E-state index contributed by atoms with van der Waals surface area (Å²) in [6.45, 7) is 3.86. The molecule has 0 saturated carbocycles. The first kappa shape index (κ1) is 23.2. The van der Waals surface area contributed by atoms with Crippen molar-refractivity contribution in [3.63, 3.8) is 0 Å². The number of rotatable bonds is 8. The zero-order valence-electron chi connectivity index (χ0n) is 17.9. The molecule has 8 nitrogen and oxygen atoms in total. The van der Waals surface area contributed by atoms with Crippen LogP contribution in [-0.4, -0.2) is 33.1 Å². The van der Waals surface area contributed by atoms with Crippen molar-refractivity contribution in [3.8, 4) is 11.5 Å². The number of nitrogens with one attached hydrogen (secondary N) is 1. The number of aliphatic hydroxyl groups excluding tert-OH is 1. The number of nitrogen functional groups attached to an aromatic ring is 1. The van der Waals surface area contributed by atoms with Gasteiger partial charge in [0.1, 0.15) is 10.8 Å². The van der Waals surface area contributed by atoms with Crippen LogP contribution in [-0.2, 0) is 6.42 Å². The van der Waals surface area contributed by atoms with Crippen LogP contribution in [0.5, 0.6) is 11.5 Å². The number of halogens is 2. The summed E-state index contributed by atoms with van der Waals surface area (Å²) in [5, 5.41) is 18.1. The third-order valence-corrected chi connectivity index (χ3v) is 5.05. The van der Waals surface area contributed by atoms with Gasteiger partial charge in [0.2, 0.25) is 0 Å². The molecular weight excluding hydrogens is 435 g/mol. The number of nitrogens with zero attached hydrogens (tertiary/aromatic N) is 4. The number of hydrogen-bond donors (Lipinski definition) is 3. The second-order valence-electron chi connectivity index (χ2n) is 6.83. The zero-order valence-corrected chi connectivity index (χ0v) is 18.6. The summed E-state index contributed by atoms with van der Waals surface area (Å²) in [7, 11) is 1.68. The predicted molar refractivity (Wildman–Crippen MR) is 125 cm³/mol. The highest BCUT2D eigenvalue weighted by Gasteiger charge is 2.18. The van der Waals surface area contributed by atoms with Crippen LogP contribution in [0.4, 0.5) is 15.9 Å². The quantitative estimate of drug-likeness (QED) is 0.334. The molecule has 0 saturated heterocycles. The highest BCUT2D eigenvalue weighted by Crippen LogP contribution is 2.34. The summed E-state index contributed by atoms with van der Waals surface area (Å²) in [4.78, 5) is 7.78. The Labute approximate surface area is 190 Å². The Kier molecular flexibility index (Phi) is 7.45. The maximum atomic E-state index is 14.6. The maximum absolute atomic E-state index is 14.6. The average Bonchev–Trinajstić information content (AvgIpc) is 3.21. The lowest BCUT2D eigenvalue weighted by molar-refractivity contribution is 0.207. The fourth-order valence-electron chi connectivity index (χ4n) is 3.07. The maximum Gasteiger partial charge on any atom is 0.167 e. The molecule has 0 fully saturated rings. The van der Waals surface area contributed by atoms with Crippen LogP contribution < -0.4 is 15.8 Å². The summed E-state index contributed by atoms with van der Waals surface area (Å²) < 4.78 is 21.9. The van der Waals surface area contributed by atoms with Gasteiger partial charge in [-0.2, -0.15) is 5.10 Å². The van der Waals surface area contributed by atoms with E-state index >= 15 is 0 Å². The highest BCUT2D eigenvalue weighted by molar-refractivity contribution is 6.34. The van der Waals surface area contributed by atoms with E-state index in [1.165, 1.54) is 24.4 Å². The first-order valence-corrected chi connectivity index (χ1v) is 10.2. The highest BCUT2D eigenvalue weighted by atomic mass is 35.5. The van der Waals surface area contributed by atoms with Crippen LogP contribution in [0, 0.1) is 5.82 Å². The van der Waals surface area contributed by atoms with Gasteiger partial charge in [-0.3, -0.25) is 4.99 Å². The summed E-state index contributed by atoms with van der Waals surface area (Å²) in [5.41, 5.74) is 8.28. The van der Waals surface area contributed by atoms with Crippen LogP contribution in [0.1, 0.15) is 31.3 Å². The molecule has 4 N–H and O–H groups in total. The molecule has 1 unspecified atom stereocenters. The summed E-state index contributed by atoms with van der Waals surface area (Å²) >= 11 is 6.04. The topological polar surface area (TPSA) is 111 Å². The number of aliphatic hydroxyl groups is 1. The van der Waals surface area contributed by atoms with Gasteiger partial charge in [0.05, 0.1) is 11.9 Å². The summed E-state index contributed by atoms with van der Waals surface area (Å²) in [6.07, 6.45) is 6.04. The van der Waals surface area contributed by atoms with Crippen molar-refractivity contribution in [2.75, 3.05) is 18.1 Å². The molecule has 0 aliphatic heterocycles. The van der Waals surface area contributed by atoms with Gasteiger partial charge in [0, 0.05) is 48.5 Å². The number of hydrogen-bond acceptors (Lipinski definition) is 7. The van der Waals surface area contributed by atoms with E-state index in [4.69, 9.17) is 22.1 Å². The largest absolute Gasteiger partial charge is 0.453 e. The Morgan fingerprint density at radius 2 is 2.19 bits per heavy atom. The number of anilines is 2. The van der Waals surface area contributed by atoms with Gasteiger partial charge in [-0.05, 0) is 31.6 Å². The molecule has 10 heteroatoms. The smallest absolute Gasteiger partial charge is 0.167 e. The molecule has 0 spiro atoms. The Morgan fingerprint density at radius 1 is 1.41 bits per heavy atom. The first-order chi connectivity index (χ1) is 15.3. The summed E-state index contributed by atoms with van der Waals surface area (Å²) in [6, 6.07) is 5.72. The van der Waals surface area contributed by atoms with Crippen molar-refractivity contribution in [1.29, 1.82) is 0 Å². The number of ether oxygens (including phenoxy) is 1. The van der Waals surface area contributed by atoms with Crippen LogP contribution in [0.2, 0.25) is 5.02 Å². The molecule has 0 radical (unpaired) electrons. The Bertz CT molecular complexity index is 1160. The van der Waals surface area contributed by atoms with Crippen LogP contribution >= 0.6 is 11.6 Å². The zero-order chi connectivity index (χ0) is 23.3. The molecular formula is C22H24ClFN6O2. The van der Waals surface area contributed by atoms with Crippen LogP contribution in [0.15, 0.2) is 47.7 Å². The molecule has 0 amide bonds. The van der Waals surface area contributed by atoms with Gasteiger partial charge < -0.3 is 20.9 Å². The third-order valence-electron chi connectivity index (χ3n) is 4.67. The second-order valence-corrected chi connectivity index (χ2v) is 7.21. The molecule has 3 aromatic rings. The van der Waals surface area contributed by atoms with Crippen LogP contribution in [0.25, 0.3) is 5.70 Å². The normalized spacial score (nSPS) is 12.9. The molecule has 168 valence electrons. The number of pyridine rings is 1. The van der Waals surface area contributed by atoms with E-state index in [2.05, 4.69) is 20.4 Å². The lowest BCUT2D eigenvalue weighted by Gasteiger charge is -2.16. The van der Waals surface area contributed by atoms with E-state index in [1.54, 1.807) is 30.2 Å². The molecule has 0 bridgehead atoms. The molecule has 32 heavy (non-hydrogen) atoms. The number of nitrogens with two attached hydrogens (primary N) is 1. The van der Waals surface area contributed by atoms with Gasteiger partial charge in [0.15, 0.2) is 23.5 Å². The molecule has 2 heterocycles. The van der Waals surface area contributed by atoms with Gasteiger partial charge in [-0.15, -0.1) is 0 Å². The van der Waals surface area contributed by atoms with Gasteiger partial charge in [-0.1, -0.05) is 18.5 Å². The van der Waals surface area contributed by atoms with Gasteiger partial charge >= 0.3 is 0 Å². The van der Waals surface area contributed by atoms with Crippen molar-refractivity contribution in [2.24, 2.45) is 4.99 Å². The van der Waals surface area contributed by atoms with Crippen molar-refractivity contribution in [3.05, 3.63) is 64.8 Å². The molecule has 1 aromatic carbocycles. The predicted octanol–water partition coefficient (Wildman–Crippen LogP) is 4.67. The second kappa shape index (κ2) is 10.3. The number of aromatic nitrogens is 3. The van der Waals surface area contributed by atoms with E-state index < -0.39 is 12.0 Å². The Morgan fingerprint density at radius 3 is 2.88 bits per heavy atom. The minimum atomic E-state index is -1.09. The van der Waals surface area contributed by atoms with Gasteiger partial charge in [0.25, 0.3) is 0 Å². The minimum Gasteiger partial charge on any atom is -0.453 e. The molecule has 1 atom stereocenters. The van der Waals surface area contributed by atoms with E-state index in [0.29, 0.717) is 17.7 Å². The Balaban J connectivity index is 1.79. The van der Waals surface area contributed by atoms with E-state index in [0.717, 1.165) is 11.4 Å². The fraction of sp³-hybridized carbons (Fsp3) is 0.227. The van der Waals surface area contributed by atoms with Crippen molar-refractivity contribution >= 4 is 35.0 Å². The number of aliphatic imine (C=N–C) groups is 1. The van der Waals surface area contributed by atoms with E-state index in [-0.39, 0.29) is 22.3 Å². The lowest BCUT2D eigenvalue weighted by Crippen LogP contribution is -2.12. The summed E-state index contributed by atoms with van der Waals surface area (Å²) in [5.74, 6) is -0.406. The average molecular weight is 459 g/mol. The monoisotopic (exact) mass is 458 g/mol. The molecule has 0 aliphatic rings. The molecule has 2 aromatic heterocycles. The van der Waals surface area contributed by atoms with E-state index in [9.17, 15) is 9.50 Å². The van der Waals surface area contributed by atoms with E-state index in [1.807, 2.05) is 19.9 Å². The fourth-order valence-corrected chi connectivity index (χ4v) is 3.22. The minimum absolute atomic E-state index is 0.0436. The molecule has 0 aliphatic carbocycles. The first-order valence-electron chi connectivity index (χ1n) is 9.83. The number of allylic oxidation sites excluding steroid dienone is 2. The van der Waals surface area contributed by atoms with Crippen molar-refractivity contribution < 1.29 is 14.2 Å². The van der Waals surface area contributed by atoms with Crippen molar-refractivity contribution in [2.45, 2.75) is 26.5 Å². The third kappa shape index (κ3) is 5.06. The van der Waals surface area contributed by atoms with Crippen molar-refractivity contribution in [1.82, 2.24) is 14.8 Å².